The highest BCUT2D eigenvalue weighted by atomic mass is 35.5. The molecule has 2 N–H and O–H groups in total. The fourth-order valence-corrected chi connectivity index (χ4v) is 2.84. The number of hydrazine groups is 1. The van der Waals surface area contributed by atoms with E-state index in [1.165, 1.54) is 24.3 Å². The minimum Gasteiger partial charge on any atom is -0.487 e. The van der Waals surface area contributed by atoms with Gasteiger partial charge in [-0.2, -0.15) is 0 Å². The topological polar surface area (TPSA) is 93.5 Å². The summed E-state index contributed by atoms with van der Waals surface area (Å²) < 4.78 is 5.17. The van der Waals surface area contributed by atoms with E-state index in [1.807, 2.05) is 0 Å². The van der Waals surface area contributed by atoms with Crippen LogP contribution in [0.5, 0.6) is 5.75 Å². The maximum Gasteiger partial charge on any atom is 0.311 e. The normalized spacial score (nSPS) is 10.2. The molecule has 0 aliphatic heterocycles. The summed E-state index contributed by atoms with van der Waals surface area (Å²) in [5.41, 5.74) is 4.94. The molecule has 0 aromatic heterocycles. The Balaban J connectivity index is 2.19. The Hall–Kier alpha value is -2.22. The third kappa shape index (κ3) is 4.66. The van der Waals surface area contributed by atoms with Crippen molar-refractivity contribution in [3.8, 4) is 5.75 Å². The number of hydrogen-bond acceptors (Lipinski definition) is 5. The molecule has 0 unspecified atom stereocenters. The minimum atomic E-state index is -0.623. The highest BCUT2D eigenvalue weighted by molar-refractivity contribution is 6.41. The van der Waals surface area contributed by atoms with Gasteiger partial charge in [-0.1, -0.05) is 34.8 Å². The summed E-state index contributed by atoms with van der Waals surface area (Å²) in [6.45, 7) is 1.97. The molecule has 0 atom stereocenters. The summed E-state index contributed by atoms with van der Waals surface area (Å²) >= 11 is 17.8. The number of nitro benzene ring substituents is 1. The van der Waals surface area contributed by atoms with Gasteiger partial charge in [0.15, 0.2) is 5.75 Å². The van der Waals surface area contributed by atoms with Crippen LogP contribution in [0.4, 0.5) is 11.4 Å². The van der Waals surface area contributed by atoms with Crippen LogP contribution in [0.3, 0.4) is 0 Å². The van der Waals surface area contributed by atoms with Crippen LogP contribution in [0.2, 0.25) is 15.1 Å². The number of nitro groups is 1. The molecule has 0 spiro atoms. The van der Waals surface area contributed by atoms with E-state index in [4.69, 9.17) is 39.5 Å². The Kier molecular flexibility index (Phi) is 6.30. The van der Waals surface area contributed by atoms with Crippen LogP contribution in [-0.4, -0.2) is 17.4 Å². The second kappa shape index (κ2) is 8.24. The van der Waals surface area contributed by atoms with E-state index in [1.54, 1.807) is 6.92 Å². The van der Waals surface area contributed by atoms with Crippen LogP contribution in [0, 0.1) is 10.1 Å². The van der Waals surface area contributed by atoms with Gasteiger partial charge in [0.25, 0.3) is 5.91 Å². The van der Waals surface area contributed by atoms with Crippen LogP contribution >= 0.6 is 34.8 Å². The second-order valence-corrected chi connectivity index (χ2v) is 5.95. The Bertz CT molecular complexity index is 807. The van der Waals surface area contributed by atoms with Gasteiger partial charge < -0.3 is 4.74 Å². The van der Waals surface area contributed by atoms with Crippen LogP contribution in [0.1, 0.15) is 17.3 Å². The summed E-state index contributed by atoms with van der Waals surface area (Å²) in [6, 6.07) is 6.78. The lowest BCUT2D eigenvalue weighted by atomic mass is 10.2. The lowest BCUT2D eigenvalue weighted by Crippen LogP contribution is -2.29. The highest BCUT2D eigenvalue weighted by Gasteiger charge is 2.19. The summed E-state index contributed by atoms with van der Waals surface area (Å²) in [5, 5.41) is 11.9. The van der Waals surface area contributed by atoms with Crippen LogP contribution in [0.25, 0.3) is 0 Å². The fraction of sp³-hybridized carbons (Fsp3) is 0.133. The van der Waals surface area contributed by atoms with Crippen molar-refractivity contribution in [2.24, 2.45) is 0 Å². The Morgan fingerprint density at radius 1 is 1.20 bits per heavy atom. The number of halogens is 3. The first-order chi connectivity index (χ1) is 11.8. The van der Waals surface area contributed by atoms with Crippen molar-refractivity contribution in [3.05, 3.63) is 61.1 Å². The molecule has 2 rings (SSSR count). The van der Waals surface area contributed by atoms with Gasteiger partial charge >= 0.3 is 5.69 Å². The summed E-state index contributed by atoms with van der Waals surface area (Å²) in [6.07, 6.45) is 0. The lowest BCUT2D eigenvalue weighted by molar-refractivity contribution is -0.385. The number of hydrogen-bond donors (Lipinski definition) is 2. The summed E-state index contributed by atoms with van der Waals surface area (Å²) in [4.78, 5) is 22.7. The molecular weight excluding hydrogens is 393 g/mol. The van der Waals surface area contributed by atoms with E-state index in [9.17, 15) is 14.9 Å². The zero-order chi connectivity index (χ0) is 18.6. The van der Waals surface area contributed by atoms with E-state index in [0.29, 0.717) is 5.02 Å². The molecule has 25 heavy (non-hydrogen) atoms. The van der Waals surface area contributed by atoms with Gasteiger partial charge in [0, 0.05) is 16.7 Å². The molecule has 0 aliphatic rings. The zero-order valence-electron chi connectivity index (χ0n) is 12.8. The standard InChI is InChI=1S/C15H12Cl3N3O4/c1-2-25-13-4-3-8(5-12(13)21(23)24)15(22)20-19-14-10(17)6-9(16)7-11(14)18/h3-7,19H,2H2,1H3,(H,20,22). The molecule has 10 heteroatoms. The molecule has 0 saturated heterocycles. The molecule has 0 radical (unpaired) electrons. The van der Waals surface area contributed by atoms with Crippen molar-refractivity contribution in [2.45, 2.75) is 6.92 Å². The summed E-state index contributed by atoms with van der Waals surface area (Å²) in [7, 11) is 0. The number of carbonyl (C=O) groups excluding carboxylic acids is 1. The number of nitrogens with zero attached hydrogens (tertiary/aromatic N) is 1. The molecule has 0 aliphatic carbocycles. The number of nitrogens with one attached hydrogen (secondary N) is 2. The number of benzene rings is 2. The smallest absolute Gasteiger partial charge is 0.311 e. The average molecular weight is 405 g/mol. The van der Waals surface area contributed by atoms with Crippen LogP contribution < -0.4 is 15.6 Å². The van der Waals surface area contributed by atoms with E-state index in [2.05, 4.69) is 10.9 Å². The van der Waals surface area contributed by atoms with Crippen molar-refractivity contribution >= 4 is 52.1 Å². The number of rotatable bonds is 6. The first-order valence-electron chi connectivity index (χ1n) is 6.95. The van der Waals surface area contributed by atoms with Gasteiger partial charge in [-0.25, -0.2) is 0 Å². The summed E-state index contributed by atoms with van der Waals surface area (Å²) in [5.74, 6) is -0.533. The molecule has 2 aromatic rings. The minimum absolute atomic E-state index is 0.0591. The Labute approximate surface area is 157 Å². The van der Waals surface area contributed by atoms with E-state index in [0.717, 1.165) is 6.07 Å². The molecule has 0 fully saturated rings. The quantitative estimate of drug-likeness (QED) is 0.537. The molecule has 0 heterocycles. The molecule has 1 amide bonds. The van der Waals surface area contributed by atoms with Gasteiger partial charge in [0.1, 0.15) is 0 Å². The largest absolute Gasteiger partial charge is 0.487 e. The zero-order valence-corrected chi connectivity index (χ0v) is 15.1. The SMILES string of the molecule is CCOc1ccc(C(=O)NNc2c(Cl)cc(Cl)cc2Cl)cc1[N+](=O)[O-]. The van der Waals surface area contributed by atoms with Crippen molar-refractivity contribution in [2.75, 3.05) is 12.0 Å². The number of anilines is 1. The molecule has 0 bridgehead atoms. The van der Waals surface area contributed by atoms with E-state index >= 15 is 0 Å². The van der Waals surface area contributed by atoms with Crippen LogP contribution in [-0.2, 0) is 0 Å². The van der Waals surface area contributed by atoms with Crippen molar-refractivity contribution in [1.82, 2.24) is 5.43 Å². The molecule has 132 valence electrons. The van der Waals surface area contributed by atoms with Gasteiger partial charge in [-0.15, -0.1) is 0 Å². The molecular formula is C15H12Cl3N3O4. The van der Waals surface area contributed by atoms with Gasteiger partial charge in [0.2, 0.25) is 0 Å². The fourth-order valence-electron chi connectivity index (χ4n) is 1.93. The molecule has 7 nitrogen and oxygen atoms in total. The lowest BCUT2D eigenvalue weighted by Gasteiger charge is -2.12. The van der Waals surface area contributed by atoms with E-state index < -0.39 is 10.8 Å². The van der Waals surface area contributed by atoms with Crippen molar-refractivity contribution < 1.29 is 14.5 Å². The molecule has 2 aromatic carbocycles. The van der Waals surface area contributed by atoms with Gasteiger partial charge in [-0.3, -0.25) is 25.8 Å². The predicted molar refractivity (Wildman–Crippen MR) is 96.8 cm³/mol. The van der Waals surface area contributed by atoms with Crippen LogP contribution in [0.15, 0.2) is 30.3 Å². The second-order valence-electron chi connectivity index (χ2n) is 4.70. The highest BCUT2D eigenvalue weighted by Crippen LogP contribution is 2.33. The Morgan fingerprint density at radius 3 is 2.40 bits per heavy atom. The predicted octanol–water partition coefficient (Wildman–Crippen LogP) is 4.71. The maximum atomic E-state index is 12.2. The first-order valence-corrected chi connectivity index (χ1v) is 8.09. The average Bonchev–Trinajstić information content (AvgIpc) is 2.54. The number of ether oxygens (including phenoxy) is 1. The third-order valence-corrected chi connectivity index (χ3v) is 3.84. The number of carbonyl (C=O) groups is 1. The van der Waals surface area contributed by atoms with Gasteiger partial charge in [0.05, 0.1) is 27.3 Å². The van der Waals surface area contributed by atoms with Gasteiger partial charge in [-0.05, 0) is 31.2 Å². The first kappa shape index (κ1) is 19.1. The number of amides is 1. The van der Waals surface area contributed by atoms with Crippen molar-refractivity contribution in [1.29, 1.82) is 0 Å². The van der Waals surface area contributed by atoms with E-state index in [-0.39, 0.29) is 39.3 Å². The molecule has 0 saturated carbocycles. The monoisotopic (exact) mass is 403 g/mol. The Morgan fingerprint density at radius 2 is 1.84 bits per heavy atom. The third-order valence-electron chi connectivity index (χ3n) is 3.03. The maximum absolute atomic E-state index is 12.2. The van der Waals surface area contributed by atoms with Crippen molar-refractivity contribution in [3.63, 3.8) is 0 Å².